The number of benzene rings is 1. The van der Waals surface area contributed by atoms with Gasteiger partial charge in [-0.15, -0.1) is 0 Å². The van der Waals surface area contributed by atoms with E-state index in [1.54, 1.807) is 0 Å². The fraction of sp³-hybridized carbons (Fsp3) is 0.429. The molecule has 0 saturated carbocycles. The van der Waals surface area contributed by atoms with Crippen LogP contribution in [0, 0.1) is 11.7 Å². The van der Waals surface area contributed by atoms with E-state index in [0.717, 1.165) is 0 Å². The quantitative estimate of drug-likeness (QED) is 0.815. The maximum Gasteiger partial charge on any atom is 0.328 e. The van der Waals surface area contributed by atoms with Crippen molar-refractivity contribution in [3.63, 3.8) is 0 Å². The standard InChI is InChI=1S/C14H19FN2O3/c1-9(2)8-12(13(18)20-3)17-14(19)16-11-6-4-10(15)5-7-11/h4-7,9,12H,8H2,1-3H3,(H2,16,17,19). The highest BCUT2D eigenvalue weighted by Gasteiger charge is 2.22. The van der Waals surface area contributed by atoms with Crippen molar-refractivity contribution in [3.05, 3.63) is 30.1 Å². The van der Waals surface area contributed by atoms with Gasteiger partial charge in [-0.3, -0.25) is 0 Å². The number of methoxy groups -OCH3 is 1. The smallest absolute Gasteiger partial charge is 0.328 e. The Morgan fingerprint density at radius 3 is 2.35 bits per heavy atom. The molecule has 0 aliphatic rings. The third kappa shape index (κ3) is 5.26. The topological polar surface area (TPSA) is 67.4 Å². The van der Waals surface area contributed by atoms with E-state index >= 15 is 0 Å². The van der Waals surface area contributed by atoms with E-state index < -0.39 is 18.0 Å². The lowest BCUT2D eigenvalue weighted by atomic mass is 10.0. The van der Waals surface area contributed by atoms with Crippen molar-refractivity contribution in [1.82, 2.24) is 5.32 Å². The molecule has 2 N–H and O–H groups in total. The Balaban J connectivity index is 2.61. The van der Waals surface area contributed by atoms with Gasteiger partial charge in [0.15, 0.2) is 0 Å². The van der Waals surface area contributed by atoms with E-state index in [1.165, 1.54) is 31.4 Å². The summed E-state index contributed by atoms with van der Waals surface area (Å²) in [6.45, 7) is 3.88. The number of hydrogen-bond donors (Lipinski definition) is 2. The summed E-state index contributed by atoms with van der Waals surface area (Å²) in [5.41, 5.74) is 0.442. The average molecular weight is 282 g/mol. The molecule has 1 aromatic rings. The van der Waals surface area contributed by atoms with Crippen molar-refractivity contribution < 1.29 is 18.7 Å². The molecular formula is C14H19FN2O3. The highest BCUT2D eigenvalue weighted by molar-refractivity contribution is 5.92. The summed E-state index contributed by atoms with van der Waals surface area (Å²) in [6.07, 6.45) is 0.476. The minimum Gasteiger partial charge on any atom is -0.467 e. The second kappa shape index (κ2) is 7.47. The number of esters is 1. The predicted octanol–water partition coefficient (Wildman–Crippen LogP) is 2.53. The van der Waals surface area contributed by atoms with Gasteiger partial charge in [0.25, 0.3) is 0 Å². The Hall–Kier alpha value is -2.11. The van der Waals surface area contributed by atoms with Crippen LogP contribution in [0.4, 0.5) is 14.9 Å². The first-order valence-corrected chi connectivity index (χ1v) is 6.33. The lowest BCUT2D eigenvalue weighted by Crippen LogP contribution is -2.44. The first kappa shape index (κ1) is 15.9. The summed E-state index contributed by atoms with van der Waals surface area (Å²) >= 11 is 0. The predicted molar refractivity (Wildman–Crippen MR) is 73.8 cm³/mol. The second-order valence-corrected chi connectivity index (χ2v) is 4.81. The number of carbonyl (C=O) groups is 2. The minimum absolute atomic E-state index is 0.227. The highest BCUT2D eigenvalue weighted by atomic mass is 19.1. The fourth-order valence-corrected chi connectivity index (χ4v) is 1.69. The van der Waals surface area contributed by atoms with Crippen LogP contribution in [0.5, 0.6) is 0 Å². The molecule has 0 bridgehead atoms. The monoisotopic (exact) mass is 282 g/mol. The van der Waals surface area contributed by atoms with Crippen LogP contribution in [0.1, 0.15) is 20.3 Å². The third-order valence-electron chi connectivity index (χ3n) is 2.60. The molecule has 1 atom stereocenters. The SMILES string of the molecule is COC(=O)C(CC(C)C)NC(=O)Nc1ccc(F)cc1. The van der Waals surface area contributed by atoms with Crippen LogP contribution in [0.25, 0.3) is 0 Å². The molecule has 0 saturated heterocycles. The van der Waals surface area contributed by atoms with Gasteiger partial charge in [0, 0.05) is 5.69 Å². The molecule has 1 aromatic carbocycles. The number of urea groups is 1. The van der Waals surface area contributed by atoms with Crippen molar-refractivity contribution in [3.8, 4) is 0 Å². The Labute approximate surface area is 117 Å². The van der Waals surface area contributed by atoms with Gasteiger partial charge >= 0.3 is 12.0 Å². The molecule has 5 nitrogen and oxygen atoms in total. The number of nitrogens with one attached hydrogen (secondary N) is 2. The number of ether oxygens (including phenoxy) is 1. The summed E-state index contributed by atoms with van der Waals surface area (Å²) in [7, 11) is 1.27. The first-order chi connectivity index (χ1) is 9.42. The summed E-state index contributed by atoms with van der Waals surface area (Å²) in [5, 5.41) is 5.07. The molecule has 0 aliphatic heterocycles. The number of amides is 2. The summed E-state index contributed by atoms with van der Waals surface area (Å²) in [5.74, 6) is -0.651. The summed E-state index contributed by atoms with van der Waals surface area (Å²) in [4.78, 5) is 23.4. The maximum atomic E-state index is 12.7. The van der Waals surface area contributed by atoms with E-state index in [1.807, 2.05) is 13.8 Å². The number of carbonyl (C=O) groups excluding carboxylic acids is 2. The zero-order chi connectivity index (χ0) is 15.1. The lowest BCUT2D eigenvalue weighted by Gasteiger charge is -2.18. The van der Waals surface area contributed by atoms with Gasteiger partial charge in [-0.25, -0.2) is 14.0 Å². The van der Waals surface area contributed by atoms with Gasteiger partial charge in [0.05, 0.1) is 7.11 Å². The Morgan fingerprint density at radius 1 is 1.25 bits per heavy atom. The molecule has 0 heterocycles. The zero-order valence-corrected chi connectivity index (χ0v) is 11.8. The molecule has 1 unspecified atom stereocenters. The summed E-state index contributed by atoms with van der Waals surface area (Å²) < 4.78 is 17.4. The van der Waals surface area contributed by atoms with Gasteiger partial charge in [-0.2, -0.15) is 0 Å². The molecule has 0 fully saturated rings. The number of halogens is 1. The van der Waals surface area contributed by atoms with Gasteiger partial charge in [-0.1, -0.05) is 13.8 Å². The zero-order valence-electron chi connectivity index (χ0n) is 11.8. The van der Waals surface area contributed by atoms with E-state index in [4.69, 9.17) is 0 Å². The van der Waals surface area contributed by atoms with E-state index in [2.05, 4.69) is 15.4 Å². The minimum atomic E-state index is -0.708. The van der Waals surface area contributed by atoms with Crippen LogP contribution in [-0.2, 0) is 9.53 Å². The molecule has 6 heteroatoms. The van der Waals surface area contributed by atoms with Gasteiger partial charge in [0.1, 0.15) is 11.9 Å². The van der Waals surface area contributed by atoms with Crippen LogP contribution in [-0.4, -0.2) is 25.2 Å². The van der Waals surface area contributed by atoms with E-state index in [9.17, 15) is 14.0 Å². The van der Waals surface area contributed by atoms with Gasteiger partial charge < -0.3 is 15.4 Å². The van der Waals surface area contributed by atoms with Crippen molar-refractivity contribution in [1.29, 1.82) is 0 Å². The van der Waals surface area contributed by atoms with Crippen LogP contribution in [0.3, 0.4) is 0 Å². The molecule has 20 heavy (non-hydrogen) atoms. The molecule has 0 aromatic heterocycles. The molecule has 2 amide bonds. The van der Waals surface area contributed by atoms with Crippen molar-refractivity contribution in [2.45, 2.75) is 26.3 Å². The Kier molecular flexibility index (Phi) is 5.96. The van der Waals surface area contributed by atoms with Crippen molar-refractivity contribution in [2.24, 2.45) is 5.92 Å². The molecule has 1 rings (SSSR count). The van der Waals surface area contributed by atoms with Crippen molar-refractivity contribution in [2.75, 3.05) is 12.4 Å². The largest absolute Gasteiger partial charge is 0.467 e. The normalized spacial score (nSPS) is 11.8. The first-order valence-electron chi connectivity index (χ1n) is 6.33. The van der Waals surface area contributed by atoms with E-state index in [-0.39, 0.29) is 11.7 Å². The fourth-order valence-electron chi connectivity index (χ4n) is 1.69. The maximum absolute atomic E-state index is 12.7. The molecular weight excluding hydrogens is 263 g/mol. The van der Waals surface area contributed by atoms with Crippen LogP contribution in [0.2, 0.25) is 0 Å². The van der Waals surface area contributed by atoms with Crippen LogP contribution in [0.15, 0.2) is 24.3 Å². The van der Waals surface area contributed by atoms with Gasteiger partial charge in [-0.05, 0) is 36.6 Å². The molecule has 0 spiro atoms. The van der Waals surface area contributed by atoms with Crippen LogP contribution >= 0.6 is 0 Å². The molecule has 110 valence electrons. The van der Waals surface area contributed by atoms with E-state index in [0.29, 0.717) is 12.1 Å². The number of rotatable bonds is 5. The average Bonchev–Trinajstić information content (AvgIpc) is 2.39. The van der Waals surface area contributed by atoms with Crippen molar-refractivity contribution >= 4 is 17.7 Å². The molecule has 0 radical (unpaired) electrons. The number of hydrogen-bond acceptors (Lipinski definition) is 3. The lowest BCUT2D eigenvalue weighted by molar-refractivity contribution is -0.143. The Bertz CT molecular complexity index is 460. The summed E-state index contributed by atoms with van der Waals surface area (Å²) in [6, 6.07) is 4.10. The van der Waals surface area contributed by atoms with Gasteiger partial charge in [0.2, 0.25) is 0 Å². The second-order valence-electron chi connectivity index (χ2n) is 4.81. The Morgan fingerprint density at radius 2 is 1.85 bits per heavy atom. The highest BCUT2D eigenvalue weighted by Crippen LogP contribution is 2.09. The third-order valence-corrected chi connectivity index (χ3v) is 2.60. The molecule has 0 aliphatic carbocycles. The van der Waals surface area contributed by atoms with Crippen LogP contribution < -0.4 is 10.6 Å². The number of anilines is 1.